The van der Waals surface area contributed by atoms with Gasteiger partial charge in [0.1, 0.15) is 0 Å². The Hall–Kier alpha value is 0.114. The van der Waals surface area contributed by atoms with Gasteiger partial charge in [0, 0.05) is 68.5 Å². The Labute approximate surface area is 227 Å². The Morgan fingerprint density at radius 2 is 0.917 bits per heavy atom. The monoisotopic (exact) mass is 546 g/mol. The summed E-state index contributed by atoms with van der Waals surface area (Å²) in [6, 6.07) is 5.47. The molecular formula is C26H66N8Si2. The van der Waals surface area contributed by atoms with E-state index in [9.17, 15) is 0 Å². The summed E-state index contributed by atoms with van der Waals surface area (Å²) < 4.78 is 0. The normalized spacial score (nSPS) is 13.2. The van der Waals surface area contributed by atoms with Gasteiger partial charge in [0.2, 0.25) is 0 Å². The summed E-state index contributed by atoms with van der Waals surface area (Å²) in [5.74, 6) is 0. The van der Waals surface area contributed by atoms with Crippen molar-refractivity contribution in [2.24, 2.45) is 11.5 Å². The van der Waals surface area contributed by atoms with Crippen LogP contribution in [-0.4, -0.2) is 141 Å². The van der Waals surface area contributed by atoms with E-state index < -0.39 is 16.1 Å². The Morgan fingerprint density at radius 3 is 1.36 bits per heavy atom. The van der Waals surface area contributed by atoms with Crippen molar-refractivity contribution < 1.29 is 0 Å². The smallest absolute Gasteiger partial charge is 0.0498 e. The molecular weight excluding hydrogens is 481 g/mol. The van der Waals surface area contributed by atoms with Crippen molar-refractivity contribution in [1.29, 1.82) is 0 Å². The molecule has 0 bridgehead atoms. The highest BCUT2D eigenvalue weighted by Gasteiger charge is 2.22. The average molecular weight is 547 g/mol. The van der Waals surface area contributed by atoms with E-state index in [1.807, 2.05) is 0 Å². The summed E-state index contributed by atoms with van der Waals surface area (Å²) in [5, 5.41) is 0. The summed E-state index contributed by atoms with van der Waals surface area (Å²) in [6.45, 7) is 29.5. The Morgan fingerprint density at radius 1 is 0.528 bits per heavy atom. The summed E-state index contributed by atoms with van der Waals surface area (Å²) in [6.07, 6.45) is 0. The molecule has 6 N–H and O–H groups in total. The van der Waals surface area contributed by atoms with Crippen LogP contribution in [0.3, 0.4) is 0 Å². The van der Waals surface area contributed by atoms with Crippen LogP contribution in [0, 0.1) is 0 Å². The van der Waals surface area contributed by atoms with Gasteiger partial charge in [-0.15, -0.1) is 0 Å². The number of hydrogen-bond acceptors (Lipinski definition) is 8. The number of likely N-dealkylation sites (N-methyl/N-ethyl adjacent to an activating group) is 4. The molecule has 0 fully saturated rings. The van der Waals surface area contributed by atoms with Crippen molar-refractivity contribution in [2.45, 2.75) is 64.2 Å². The van der Waals surface area contributed by atoms with Gasteiger partial charge >= 0.3 is 0 Å². The molecule has 0 aliphatic carbocycles. The van der Waals surface area contributed by atoms with Gasteiger partial charge in [0.15, 0.2) is 0 Å². The SMILES string of the molecule is CCN(CCN)CC[Si](C)(C)CCN(CC)CCNNCCN(C)CC[Si](C)(C)CCN(C)CCN. The molecule has 8 nitrogen and oxygen atoms in total. The molecule has 0 aliphatic heterocycles. The van der Waals surface area contributed by atoms with E-state index in [4.69, 9.17) is 11.5 Å². The van der Waals surface area contributed by atoms with Gasteiger partial charge in [-0.2, -0.15) is 0 Å². The molecule has 0 unspecified atom stereocenters. The fraction of sp³-hybridized carbons (Fsp3) is 1.00. The van der Waals surface area contributed by atoms with Crippen LogP contribution < -0.4 is 22.3 Å². The first-order valence-corrected chi connectivity index (χ1v) is 21.5. The van der Waals surface area contributed by atoms with Gasteiger partial charge < -0.3 is 31.1 Å². The number of nitrogens with two attached hydrogens (primary N) is 2. The molecule has 0 radical (unpaired) electrons. The third-order valence-electron chi connectivity index (χ3n) is 7.70. The van der Waals surface area contributed by atoms with Crippen LogP contribution in [0.5, 0.6) is 0 Å². The molecule has 0 atom stereocenters. The Kier molecular flexibility index (Phi) is 21.1. The van der Waals surface area contributed by atoms with Gasteiger partial charge in [-0.1, -0.05) is 40.0 Å². The molecule has 0 saturated carbocycles. The topological polar surface area (TPSA) is 89.1 Å². The van der Waals surface area contributed by atoms with Crippen LogP contribution in [0.1, 0.15) is 13.8 Å². The second-order valence-electron chi connectivity index (χ2n) is 12.2. The Balaban J connectivity index is 3.98. The van der Waals surface area contributed by atoms with E-state index in [0.717, 1.165) is 65.4 Å². The maximum atomic E-state index is 5.75. The van der Waals surface area contributed by atoms with Crippen molar-refractivity contribution in [3.05, 3.63) is 0 Å². The van der Waals surface area contributed by atoms with Gasteiger partial charge in [-0.25, -0.2) is 0 Å². The van der Waals surface area contributed by atoms with E-state index >= 15 is 0 Å². The van der Waals surface area contributed by atoms with E-state index in [1.54, 1.807) is 0 Å². The van der Waals surface area contributed by atoms with Crippen molar-refractivity contribution >= 4 is 16.1 Å². The minimum absolute atomic E-state index is 0.756. The molecule has 0 heterocycles. The van der Waals surface area contributed by atoms with Gasteiger partial charge in [0.05, 0.1) is 0 Å². The van der Waals surface area contributed by atoms with E-state index in [2.05, 4.69) is 84.6 Å². The highest BCUT2D eigenvalue weighted by molar-refractivity contribution is 6.77. The van der Waals surface area contributed by atoms with Crippen LogP contribution in [0.15, 0.2) is 0 Å². The summed E-state index contributed by atoms with van der Waals surface area (Å²) in [5.41, 5.74) is 18.3. The van der Waals surface area contributed by atoms with E-state index in [0.29, 0.717) is 0 Å². The zero-order valence-electron chi connectivity index (χ0n) is 25.7. The van der Waals surface area contributed by atoms with Crippen LogP contribution in [-0.2, 0) is 0 Å². The molecule has 10 heteroatoms. The predicted molar refractivity (Wildman–Crippen MR) is 168 cm³/mol. The highest BCUT2D eigenvalue weighted by Crippen LogP contribution is 2.17. The molecule has 218 valence electrons. The molecule has 36 heavy (non-hydrogen) atoms. The minimum Gasteiger partial charge on any atom is -0.329 e. The largest absolute Gasteiger partial charge is 0.329 e. The predicted octanol–water partition coefficient (Wildman–Crippen LogP) is 1.92. The molecule has 0 aliphatic rings. The zero-order valence-corrected chi connectivity index (χ0v) is 27.7. The van der Waals surface area contributed by atoms with Crippen LogP contribution in [0.4, 0.5) is 0 Å². The maximum Gasteiger partial charge on any atom is 0.0498 e. The van der Waals surface area contributed by atoms with E-state index in [1.165, 1.54) is 50.4 Å². The summed E-state index contributed by atoms with van der Waals surface area (Å²) in [4.78, 5) is 9.96. The maximum absolute atomic E-state index is 5.75. The van der Waals surface area contributed by atoms with E-state index in [-0.39, 0.29) is 0 Å². The third kappa shape index (κ3) is 20.1. The number of nitrogens with zero attached hydrogens (tertiary/aromatic N) is 4. The number of nitrogens with one attached hydrogen (secondary N) is 2. The van der Waals surface area contributed by atoms with Crippen LogP contribution >= 0.6 is 0 Å². The van der Waals surface area contributed by atoms with Crippen molar-refractivity contribution in [3.63, 3.8) is 0 Å². The standard InChI is InChI=1S/C26H66N8Si2/c1-9-33(16-12-28)21-25-36(7,8)26-22-34(10-2)18-14-30-29-13-17-32(4)20-24-35(5,6)23-19-31(3)15-11-27/h29-30H,9-28H2,1-8H3. The zero-order chi connectivity index (χ0) is 27.5. The molecule has 0 amide bonds. The number of rotatable bonds is 25. The Bertz CT molecular complexity index is 510. The number of hydrogen-bond donors (Lipinski definition) is 4. The lowest BCUT2D eigenvalue weighted by molar-refractivity contribution is 0.287. The summed E-state index contributed by atoms with van der Waals surface area (Å²) in [7, 11) is 2.13. The first-order chi connectivity index (χ1) is 17.0. The quantitative estimate of drug-likeness (QED) is 0.0785. The third-order valence-corrected chi connectivity index (χ3v) is 14.0. The second kappa shape index (κ2) is 21.0. The van der Waals surface area contributed by atoms with Crippen LogP contribution in [0.2, 0.25) is 50.4 Å². The van der Waals surface area contributed by atoms with Crippen molar-refractivity contribution in [2.75, 3.05) is 106 Å². The van der Waals surface area contributed by atoms with Gasteiger partial charge in [-0.3, -0.25) is 10.9 Å². The lowest BCUT2D eigenvalue weighted by Crippen LogP contribution is -2.44. The van der Waals surface area contributed by atoms with Gasteiger partial charge in [0.25, 0.3) is 0 Å². The van der Waals surface area contributed by atoms with Gasteiger partial charge in [-0.05, 0) is 77.5 Å². The lowest BCUT2D eigenvalue weighted by Gasteiger charge is -2.30. The molecule has 0 saturated heterocycles. The van der Waals surface area contributed by atoms with Crippen molar-refractivity contribution in [1.82, 2.24) is 30.5 Å². The molecule has 0 aromatic rings. The summed E-state index contributed by atoms with van der Waals surface area (Å²) >= 11 is 0. The fourth-order valence-corrected chi connectivity index (χ4v) is 8.60. The second-order valence-corrected chi connectivity index (χ2v) is 22.9. The van der Waals surface area contributed by atoms with Crippen LogP contribution in [0.25, 0.3) is 0 Å². The average Bonchev–Trinajstić information content (AvgIpc) is 2.83. The lowest BCUT2D eigenvalue weighted by atomic mass is 10.5. The van der Waals surface area contributed by atoms with Crippen molar-refractivity contribution in [3.8, 4) is 0 Å². The molecule has 0 rings (SSSR count). The molecule has 0 aromatic heterocycles. The molecule has 0 spiro atoms. The number of hydrazine groups is 1. The first kappa shape index (κ1) is 36.1. The fourth-order valence-electron chi connectivity index (χ4n) is 4.28. The highest BCUT2D eigenvalue weighted by atomic mass is 28.3. The first-order valence-electron chi connectivity index (χ1n) is 14.7. The molecule has 0 aromatic carbocycles. The minimum atomic E-state index is -1.17.